The molecular weight excluding hydrogens is 508 g/mol. The Balaban J connectivity index is 3.77. The first-order valence-corrected chi connectivity index (χ1v) is 18.4. The molecule has 0 bridgehead atoms. The summed E-state index contributed by atoms with van der Waals surface area (Å²) in [6, 6.07) is 0. The van der Waals surface area contributed by atoms with Gasteiger partial charge in [0, 0.05) is 12.8 Å². The van der Waals surface area contributed by atoms with Crippen LogP contribution in [0, 0.1) is 5.41 Å². The zero-order valence-corrected chi connectivity index (χ0v) is 27.8. The van der Waals surface area contributed by atoms with Crippen molar-refractivity contribution in [3.8, 4) is 0 Å². The molecule has 244 valence electrons. The van der Waals surface area contributed by atoms with Crippen LogP contribution in [-0.4, -0.2) is 22.2 Å². The lowest BCUT2D eigenvalue weighted by Crippen LogP contribution is -2.20. The van der Waals surface area contributed by atoms with Crippen LogP contribution >= 0.6 is 0 Å². The second-order valence-corrected chi connectivity index (χ2v) is 13.2. The number of hydrogen-bond donors (Lipinski definition) is 2. The van der Waals surface area contributed by atoms with Crippen molar-refractivity contribution in [2.45, 2.75) is 219 Å². The van der Waals surface area contributed by atoms with Crippen LogP contribution in [0.1, 0.15) is 219 Å². The predicted octanol–water partition coefficient (Wildman–Crippen LogP) is 12.7. The highest BCUT2D eigenvalue weighted by atomic mass is 16.4. The molecule has 0 saturated heterocycles. The molecule has 2 N–H and O–H groups in total. The van der Waals surface area contributed by atoms with E-state index in [1.54, 1.807) is 0 Å². The number of rotatable bonds is 34. The minimum Gasteiger partial charge on any atom is -0.481 e. The SMILES string of the molecule is CCCCC(CC)(CCCCCCCCCCCCCCC(=O)O)CCCCCCCCCCCCCCC(=O)O. The highest BCUT2D eigenvalue weighted by Gasteiger charge is 2.26. The van der Waals surface area contributed by atoms with Crippen molar-refractivity contribution in [3.63, 3.8) is 0 Å². The van der Waals surface area contributed by atoms with Gasteiger partial charge in [-0.15, -0.1) is 0 Å². The summed E-state index contributed by atoms with van der Waals surface area (Å²) in [5.41, 5.74) is 0.602. The maximum absolute atomic E-state index is 10.5. The quantitative estimate of drug-likeness (QED) is 0.0742. The topological polar surface area (TPSA) is 74.6 Å². The van der Waals surface area contributed by atoms with Crippen LogP contribution in [0.3, 0.4) is 0 Å². The maximum Gasteiger partial charge on any atom is 0.303 e. The van der Waals surface area contributed by atoms with E-state index in [1.807, 2.05) is 0 Å². The molecule has 0 aliphatic heterocycles. The molecule has 0 atom stereocenters. The Morgan fingerprint density at radius 3 is 0.878 bits per heavy atom. The van der Waals surface area contributed by atoms with Crippen molar-refractivity contribution >= 4 is 11.9 Å². The molecule has 0 aromatic heterocycles. The highest BCUT2D eigenvalue weighted by Crippen LogP contribution is 2.40. The molecule has 0 aliphatic carbocycles. The van der Waals surface area contributed by atoms with E-state index in [0.29, 0.717) is 18.3 Å². The summed E-state index contributed by atoms with van der Waals surface area (Å²) in [5, 5.41) is 17.4. The van der Waals surface area contributed by atoms with E-state index in [0.717, 1.165) is 25.7 Å². The smallest absolute Gasteiger partial charge is 0.303 e. The molecule has 0 rings (SSSR count). The van der Waals surface area contributed by atoms with Gasteiger partial charge in [0.2, 0.25) is 0 Å². The van der Waals surface area contributed by atoms with Gasteiger partial charge in [0.1, 0.15) is 0 Å². The van der Waals surface area contributed by atoms with E-state index in [9.17, 15) is 9.59 Å². The van der Waals surface area contributed by atoms with E-state index < -0.39 is 11.9 Å². The molecule has 0 radical (unpaired) electrons. The summed E-state index contributed by atoms with van der Waals surface area (Å²) in [6.07, 6.45) is 40.1. The molecule has 0 aromatic carbocycles. The van der Waals surface area contributed by atoms with Crippen molar-refractivity contribution in [1.82, 2.24) is 0 Å². The second kappa shape index (κ2) is 30.4. The lowest BCUT2D eigenvalue weighted by Gasteiger charge is -2.33. The lowest BCUT2D eigenvalue weighted by atomic mass is 9.72. The van der Waals surface area contributed by atoms with Gasteiger partial charge in [0.25, 0.3) is 0 Å². The van der Waals surface area contributed by atoms with Gasteiger partial charge in [0.05, 0.1) is 0 Å². The highest BCUT2D eigenvalue weighted by molar-refractivity contribution is 5.66. The van der Waals surface area contributed by atoms with Crippen molar-refractivity contribution in [2.75, 3.05) is 0 Å². The molecule has 4 nitrogen and oxygen atoms in total. The van der Waals surface area contributed by atoms with Crippen molar-refractivity contribution < 1.29 is 19.8 Å². The van der Waals surface area contributed by atoms with Gasteiger partial charge >= 0.3 is 11.9 Å². The summed E-state index contributed by atoms with van der Waals surface area (Å²) in [7, 11) is 0. The molecule has 0 heterocycles. The first-order chi connectivity index (χ1) is 20.0. The van der Waals surface area contributed by atoms with E-state index in [1.165, 1.54) is 167 Å². The Morgan fingerprint density at radius 1 is 0.390 bits per heavy atom. The van der Waals surface area contributed by atoms with Gasteiger partial charge in [-0.25, -0.2) is 0 Å². The van der Waals surface area contributed by atoms with Gasteiger partial charge in [-0.2, -0.15) is 0 Å². The molecular formula is C37H72O4. The summed E-state index contributed by atoms with van der Waals surface area (Å²) >= 11 is 0. The third-order valence-electron chi connectivity index (χ3n) is 9.51. The lowest BCUT2D eigenvalue weighted by molar-refractivity contribution is -0.138. The van der Waals surface area contributed by atoms with Crippen molar-refractivity contribution in [3.05, 3.63) is 0 Å². The standard InChI is InChI=1S/C37H72O4/c1-3-5-32-37(4-2,33-28-24-20-16-12-8-6-10-14-18-22-26-30-35(38)39)34-29-25-21-17-13-9-7-11-15-19-23-27-31-36(40)41/h3-34H2,1-2H3,(H,38,39)(H,40,41). The van der Waals surface area contributed by atoms with Gasteiger partial charge in [-0.05, 0) is 37.5 Å². The van der Waals surface area contributed by atoms with Crippen LogP contribution in [0.15, 0.2) is 0 Å². The number of unbranched alkanes of at least 4 members (excludes halogenated alkanes) is 23. The van der Waals surface area contributed by atoms with Crippen molar-refractivity contribution in [1.29, 1.82) is 0 Å². The Labute approximate surface area is 256 Å². The fourth-order valence-corrected chi connectivity index (χ4v) is 6.55. The molecule has 0 saturated carbocycles. The molecule has 0 fully saturated rings. The maximum atomic E-state index is 10.5. The van der Waals surface area contributed by atoms with E-state index in [4.69, 9.17) is 10.2 Å². The molecule has 0 aliphatic rings. The van der Waals surface area contributed by atoms with Crippen LogP contribution in [-0.2, 0) is 9.59 Å². The molecule has 0 amide bonds. The minimum atomic E-state index is -0.656. The van der Waals surface area contributed by atoms with E-state index in [2.05, 4.69) is 13.8 Å². The Morgan fingerprint density at radius 2 is 0.634 bits per heavy atom. The number of carbonyl (C=O) groups is 2. The molecule has 4 heteroatoms. The van der Waals surface area contributed by atoms with Gasteiger partial charge in [-0.1, -0.05) is 174 Å². The van der Waals surface area contributed by atoms with Crippen molar-refractivity contribution in [2.24, 2.45) is 5.41 Å². The predicted molar refractivity (Wildman–Crippen MR) is 177 cm³/mol. The number of aliphatic carboxylic acids is 2. The fourth-order valence-electron chi connectivity index (χ4n) is 6.55. The third kappa shape index (κ3) is 28.8. The average Bonchev–Trinajstić information content (AvgIpc) is 2.95. The van der Waals surface area contributed by atoms with Gasteiger partial charge in [0.15, 0.2) is 0 Å². The molecule has 41 heavy (non-hydrogen) atoms. The minimum absolute atomic E-state index is 0.335. The van der Waals surface area contributed by atoms with Crippen LogP contribution < -0.4 is 0 Å². The molecule has 0 aromatic rings. The second-order valence-electron chi connectivity index (χ2n) is 13.2. The largest absolute Gasteiger partial charge is 0.481 e. The fraction of sp³-hybridized carbons (Fsp3) is 0.946. The zero-order valence-electron chi connectivity index (χ0n) is 27.8. The number of carboxylic acids is 2. The average molecular weight is 581 g/mol. The van der Waals surface area contributed by atoms with E-state index >= 15 is 0 Å². The van der Waals surface area contributed by atoms with Crippen LogP contribution in [0.5, 0.6) is 0 Å². The number of carboxylic acid groups (broad SMARTS) is 2. The Bertz CT molecular complexity index is 531. The van der Waals surface area contributed by atoms with Gasteiger partial charge in [-0.3, -0.25) is 9.59 Å². The normalized spacial score (nSPS) is 11.8. The number of hydrogen-bond acceptors (Lipinski definition) is 2. The summed E-state index contributed by atoms with van der Waals surface area (Å²) < 4.78 is 0. The summed E-state index contributed by atoms with van der Waals surface area (Å²) in [6.45, 7) is 4.80. The van der Waals surface area contributed by atoms with Crippen LogP contribution in [0.4, 0.5) is 0 Å². The molecule has 0 unspecified atom stereocenters. The molecule has 0 spiro atoms. The van der Waals surface area contributed by atoms with E-state index in [-0.39, 0.29) is 0 Å². The monoisotopic (exact) mass is 581 g/mol. The zero-order chi connectivity index (χ0) is 30.3. The van der Waals surface area contributed by atoms with Crippen LogP contribution in [0.2, 0.25) is 0 Å². The Hall–Kier alpha value is -1.06. The third-order valence-corrected chi connectivity index (χ3v) is 9.51. The first kappa shape index (κ1) is 39.9. The first-order valence-electron chi connectivity index (χ1n) is 18.4. The Kier molecular flexibility index (Phi) is 29.6. The summed E-state index contributed by atoms with van der Waals surface area (Å²) in [4.78, 5) is 21.1. The van der Waals surface area contributed by atoms with Gasteiger partial charge < -0.3 is 10.2 Å². The van der Waals surface area contributed by atoms with Crippen LogP contribution in [0.25, 0.3) is 0 Å². The summed E-state index contributed by atoms with van der Waals surface area (Å²) in [5.74, 6) is -1.31.